The normalized spacial score (nSPS) is 16.8. The lowest BCUT2D eigenvalue weighted by Crippen LogP contribution is -2.39. The standard InChI is InChI=1S/C12H18N2O2S/c1-9-5-6-10(8-13)7-12(9)17(15,16)14-11-3-2-4-11/h5-7,11,14H,2-4,8,13H2,1H3. The van der Waals surface area contributed by atoms with Gasteiger partial charge in [-0.05, 0) is 37.0 Å². The first kappa shape index (κ1) is 12.5. The van der Waals surface area contributed by atoms with E-state index in [-0.39, 0.29) is 6.04 Å². The van der Waals surface area contributed by atoms with Gasteiger partial charge in [0.15, 0.2) is 0 Å². The third-order valence-electron chi connectivity index (χ3n) is 3.20. The molecule has 4 nitrogen and oxygen atoms in total. The Morgan fingerprint density at radius 1 is 1.41 bits per heavy atom. The molecule has 0 aliphatic heterocycles. The fourth-order valence-electron chi connectivity index (χ4n) is 1.87. The van der Waals surface area contributed by atoms with Crippen LogP contribution in [0, 0.1) is 6.92 Å². The zero-order valence-electron chi connectivity index (χ0n) is 9.94. The van der Waals surface area contributed by atoms with E-state index in [1.807, 2.05) is 6.07 Å². The Labute approximate surface area is 102 Å². The Balaban J connectivity index is 2.30. The largest absolute Gasteiger partial charge is 0.326 e. The Bertz CT molecular complexity index is 507. The van der Waals surface area contributed by atoms with Gasteiger partial charge in [-0.25, -0.2) is 13.1 Å². The second kappa shape index (κ2) is 4.76. The maximum Gasteiger partial charge on any atom is 0.241 e. The van der Waals surface area contributed by atoms with Crippen molar-refractivity contribution in [2.75, 3.05) is 0 Å². The molecule has 0 heterocycles. The van der Waals surface area contributed by atoms with Gasteiger partial charge in [0, 0.05) is 12.6 Å². The molecular weight excluding hydrogens is 236 g/mol. The summed E-state index contributed by atoms with van der Waals surface area (Å²) in [5.74, 6) is 0. The molecule has 1 aliphatic carbocycles. The summed E-state index contributed by atoms with van der Waals surface area (Å²) in [6.07, 6.45) is 2.98. The molecule has 0 aromatic heterocycles. The fourth-order valence-corrected chi connectivity index (χ4v) is 3.47. The second-order valence-corrected chi connectivity index (χ2v) is 6.24. The zero-order chi connectivity index (χ0) is 12.5. The van der Waals surface area contributed by atoms with Gasteiger partial charge in [-0.1, -0.05) is 18.6 Å². The van der Waals surface area contributed by atoms with E-state index in [0.717, 1.165) is 30.4 Å². The summed E-state index contributed by atoms with van der Waals surface area (Å²) in [5.41, 5.74) is 7.13. The maximum absolute atomic E-state index is 12.2. The lowest BCUT2D eigenvalue weighted by atomic mass is 9.94. The van der Waals surface area contributed by atoms with Crippen LogP contribution < -0.4 is 10.5 Å². The van der Waals surface area contributed by atoms with Crippen molar-refractivity contribution in [3.8, 4) is 0 Å². The highest BCUT2D eigenvalue weighted by Gasteiger charge is 2.25. The van der Waals surface area contributed by atoms with Crippen molar-refractivity contribution in [3.63, 3.8) is 0 Å². The Morgan fingerprint density at radius 3 is 2.65 bits per heavy atom. The molecule has 0 amide bonds. The highest BCUT2D eigenvalue weighted by Crippen LogP contribution is 2.23. The molecule has 0 saturated heterocycles. The van der Waals surface area contributed by atoms with E-state index < -0.39 is 10.0 Å². The molecule has 3 N–H and O–H groups in total. The predicted molar refractivity (Wildman–Crippen MR) is 67.0 cm³/mol. The van der Waals surface area contributed by atoms with Gasteiger partial charge < -0.3 is 5.73 Å². The first-order valence-corrected chi connectivity index (χ1v) is 7.33. The van der Waals surface area contributed by atoms with E-state index in [1.165, 1.54) is 0 Å². The van der Waals surface area contributed by atoms with Crippen molar-refractivity contribution in [1.82, 2.24) is 4.72 Å². The molecule has 5 heteroatoms. The van der Waals surface area contributed by atoms with Crippen LogP contribution in [-0.2, 0) is 16.6 Å². The van der Waals surface area contributed by atoms with Gasteiger partial charge in [0.25, 0.3) is 0 Å². The van der Waals surface area contributed by atoms with Crippen molar-refractivity contribution in [2.45, 2.75) is 43.7 Å². The van der Waals surface area contributed by atoms with Gasteiger partial charge in [-0.15, -0.1) is 0 Å². The van der Waals surface area contributed by atoms with Crippen LogP contribution in [0.1, 0.15) is 30.4 Å². The maximum atomic E-state index is 12.2. The van der Waals surface area contributed by atoms with E-state index in [1.54, 1.807) is 19.1 Å². The molecule has 0 atom stereocenters. The number of nitrogens with one attached hydrogen (secondary N) is 1. The monoisotopic (exact) mass is 254 g/mol. The number of aryl methyl sites for hydroxylation is 1. The van der Waals surface area contributed by atoms with Crippen LogP contribution in [0.5, 0.6) is 0 Å². The molecule has 1 saturated carbocycles. The molecular formula is C12H18N2O2S. The van der Waals surface area contributed by atoms with Crippen LogP contribution in [-0.4, -0.2) is 14.5 Å². The number of rotatable bonds is 4. The van der Waals surface area contributed by atoms with Gasteiger partial charge in [0.05, 0.1) is 4.90 Å². The van der Waals surface area contributed by atoms with Crippen molar-refractivity contribution in [2.24, 2.45) is 5.73 Å². The SMILES string of the molecule is Cc1ccc(CN)cc1S(=O)(=O)NC1CCC1. The van der Waals surface area contributed by atoms with E-state index in [9.17, 15) is 8.42 Å². The van der Waals surface area contributed by atoms with Crippen LogP contribution in [0.15, 0.2) is 23.1 Å². The lowest BCUT2D eigenvalue weighted by Gasteiger charge is -2.26. The summed E-state index contributed by atoms with van der Waals surface area (Å²) in [5, 5.41) is 0. The van der Waals surface area contributed by atoms with Gasteiger partial charge in [0.2, 0.25) is 10.0 Å². The Morgan fingerprint density at radius 2 is 2.12 bits per heavy atom. The molecule has 0 radical (unpaired) electrons. The predicted octanol–water partition coefficient (Wildman–Crippen LogP) is 1.28. The summed E-state index contributed by atoms with van der Waals surface area (Å²) >= 11 is 0. The molecule has 0 spiro atoms. The lowest BCUT2D eigenvalue weighted by molar-refractivity contribution is 0.383. The number of benzene rings is 1. The number of hydrogen-bond donors (Lipinski definition) is 2. The Hall–Kier alpha value is -0.910. The molecule has 1 aliphatic rings. The van der Waals surface area contributed by atoms with E-state index in [4.69, 9.17) is 5.73 Å². The molecule has 0 bridgehead atoms. The minimum atomic E-state index is -3.39. The highest BCUT2D eigenvalue weighted by molar-refractivity contribution is 7.89. The number of nitrogens with two attached hydrogens (primary N) is 1. The summed E-state index contributed by atoms with van der Waals surface area (Å²) in [4.78, 5) is 0.354. The fraction of sp³-hybridized carbons (Fsp3) is 0.500. The first-order chi connectivity index (χ1) is 8.03. The minimum Gasteiger partial charge on any atom is -0.326 e. The van der Waals surface area contributed by atoms with E-state index in [0.29, 0.717) is 11.4 Å². The number of hydrogen-bond acceptors (Lipinski definition) is 3. The molecule has 94 valence electrons. The number of sulfonamides is 1. The topological polar surface area (TPSA) is 72.2 Å². The quantitative estimate of drug-likeness (QED) is 0.850. The third-order valence-corrected chi connectivity index (χ3v) is 4.87. The van der Waals surface area contributed by atoms with Gasteiger partial charge >= 0.3 is 0 Å². The molecule has 17 heavy (non-hydrogen) atoms. The van der Waals surface area contributed by atoms with Crippen LogP contribution in [0.2, 0.25) is 0 Å². The van der Waals surface area contributed by atoms with Gasteiger partial charge in [-0.2, -0.15) is 0 Å². The van der Waals surface area contributed by atoms with Crippen molar-refractivity contribution < 1.29 is 8.42 Å². The summed E-state index contributed by atoms with van der Waals surface area (Å²) in [6.45, 7) is 2.15. The van der Waals surface area contributed by atoms with E-state index >= 15 is 0 Å². The first-order valence-electron chi connectivity index (χ1n) is 5.85. The third kappa shape index (κ3) is 2.68. The minimum absolute atomic E-state index is 0.112. The smallest absolute Gasteiger partial charge is 0.241 e. The van der Waals surface area contributed by atoms with Gasteiger partial charge in [0.1, 0.15) is 0 Å². The van der Waals surface area contributed by atoms with Crippen LogP contribution in [0.4, 0.5) is 0 Å². The van der Waals surface area contributed by atoms with Crippen molar-refractivity contribution in [3.05, 3.63) is 29.3 Å². The molecule has 2 rings (SSSR count). The molecule has 1 aromatic rings. The molecule has 0 unspecified atom stereocenters. The van der Waals surface area contributed by atoms with Crippen LogP contribution in [0.3, 0.4) is 0 Å². The molecule has 1 fully saturated rings. The average molecular weight is 254 g/mol. The van der Waals surface area contributed by atoms with Gasteiger partial charge in [-0.3, -0.25) is 0 Å². The summed E-state index contributed by atoms with van der Waals surface area (Å²) < 4.78 is 27.1. The summed E-state index contributed by atoms with van der Waals surface area (Å²) in [6, 6.07) is 5.44. The second-order valence-electron chi connectivity index (χ2n) is 4.55. The van der Waals surface area contributed by atoms with Crippen molar-refractivity contribution in [1.29, 1.82) is 0 Å². The average Bonchev–Trinajstić information content (AvgIpc) is 2.24. The van der Waals surface area contributed by atoms with Crippen LogP contribution in [0.25, 0.3) is 0 Å². The highest BCUT2D eigenvalue weighted by atomic mass is 32.2. The summed E-state index contributed by atoms with van der Waals surface area (Å²) in [7, 11) is -3.39. The molecule has 1 aromatic carbocycles. The van der Waals surface area contributed by atoms with E-state index in [2.05, 4.69) is 4.72 Å². The zero-order valence-corrected chi connectivity index (χ0v) is 10.8. The van der Waals surface area contributed by atoms with Crippen LogP contribution >= 0.6 is 0 Å². The van der Waals surface area contributed by atoms with Crippen molar-refractivity contribution >= 4 is 10.0 Å². The Kier molecular flexibility index (Phi) is 3.51.